The molecule has 1 fully saturated rings. The SMILES string of the molecule is N#Cc1cnc(Nc2cn(-c3ccc(N4CC(F)(CN)C4)cc3)cn2)cn1. The quantitative estimate of drug-likeness (QED) is 0.710. The van der Waals surface area contributed by atoms with Gasteiger partial charge >= 0.3 is 0 Å². The monoisotopic (exact) mass is 364 g/mol. The molecule has 1 aromatic carbocycles. The summed E-state index contributed by atoms with van der Waals surface area (Å²) in [6, 6.07) is 9.71. The van der Waals surface area contributed by atoms with Gasteiger partial charge in [-0.15, -0.1) is 0 Å². The Morgan fingerprint density at radius 3 is 2.48 bits per heavy atom. The highest BCUT2D eigenvalue weighted by Crippen LogP contribution is 2.30. The fourth-order valence-electron chi connectivity index (χ4n) is 2.90. The van der Waals surface area contributed by atoms with E-state index in [2.05, 4.69) is 20.3 Å². The number of nitrogens with zero attached hydrogens (tertiary/aromatic N) is 6. The van der Waals surface area contributed by atoms with E-state index in [0.29, 0.717) is 24.7 Å². The van der Waals surface area contributed by atoms with Crippen molar-refractivity contribution >= 4 is 17.3 Å². The molecule has 136 valence electrons. The molecule has 0 spiro atoms. The third kappa shape index (κ3) is 3.43. The molecule has 0 saturated carbocycles. The normalized spacial score (nSPS) is 15.1. The van der Waals surface area contributed by atoms with Gasteiger partial charge in [-0.25, -0.2) is 19.3 Å². The Morgan fingerprint density at radius 2 is 1.85 bits per heavy atom. The number of anilines is 3. The van der Waals surface area contributed by atoms with Gasteiger partial charge in [-0.05, 0) is 24.3 Å². The van der Waals surface area contributed by atoms with Gasteiger partial charge in [-0.1, -0.05) is 0 Å². The summed E-state index contributed by atoms with van der Waals surface area (Å²) in [6.45, 7) is 0.706. The maximum atomic E-state index is 13.9. The van der Waals surface area contributed by atoms with Crippen LogP contribution in [0.1, 0.15) is 5.69 Å². The Kier molecular flexibility index (Phi) is 4.18. The molecule has 0 unspecified atom stereocenters. The van der Waals surface area contributed by atoms with Crippen LogP contribution in [0, 0.1) is 11.3 Å². The summed E-state index contributed by atoms with van der Waals surface area (Å²) >= 11 is 0. The van der Waals surface area contributed by atoms with E-state index in [0.717, 1.165) is 11.4 Å². The number of alkyl halides is 1. The van der Waals surface area contributed by atoms with Crippen LogP contribution < -0.4 is 16.0 Å². The molecule has 1 aliphatic rings. The zero-order chi connectivity index (χ0) is 18.9. The zero-order valence-corrected chi connectivity index (χ0v) is 14.4. The van der Waals surface area contributed by atoms with Gasteiger partial charge in [-0.3, -0.25) is 0 Å². The molecule has 0 radical (unpaired) electrons. The predicted molar refractivity (Wildman–Crippen MR) is 98.7 cm³/mol. The minimum absolute atomic E-state index is 0.0516. The van der Waals surface area contributed by atoms with Crippen molar-refractivity contribution < 1.29 is 4.39 Å². The molecule has 2 aromatic heterocycles. The van der Waals surface area contributed by atoms with Crippen LogP contribution in [0.2, 0.25) is 0 Å². The van der Waals surface area contributed by atoms with Crippen LogP contribution in [-0.4, -0.2) is 44.8 Å². The number of aromatic nitrogens is 4. The van der Waals surface area contributed by atoms with Crippen LogP contribution >= 0.6 is 0 Å². The molecule has 0 atom stereocenters. The van der Waals surface area contributed by atoms with Crippen LogP contribution in [0.3, 0.4) is 0 Å². The lowest BCUT2D eigenvalue weighted by Crippen LogP contribution is -2.62. The highest BCUT2D eigenvalue weighted by atomic mass is 19.1. The summed E-state index contributed by atoms with van der Waals surface area (Å²) in [5.41, 5.74) is 6.32. The van der Waals surface area contributed by atoms with Crippen molar-refractivity contribution in [2.24, 2.45) is 5.73 Å². The fourth-order valence-corrected chi connectivity index (χ4v) is 2.90. The molecule has 3 aromatic rings. The summed E-state index contributed by atoms with van der Waals surface area (Å²) in [4.78, 5) is 14.3. The highest BCUT2D eigenvalue weighted by Gasteiger charge is 2.42. The van der Waals surface area contributed by atoms with E-state index in [1.807, 2.05) is 46.0 Å². The summed E-state index contributed by atoms with van der Waals surface area (Å²) in [5, 5.41) is 11.8. The summed E-state index contributed by atoms with van der Waals surface area (Å²) in [7, 11) is 0. The molecule has 8 nitrogen and oxygen atoms in total. The lowest BCUT2D eigenvalue weighted by molar-refractivity contribution is 0.131. The Labute approximate surface area is 155 Å². The average Bonchev–Trinajstić information content (AvgIpc) is 3.15. The van der Waals surface area contributed by atoms with Gasteiger partial charge in [0, 0.05) is 17.9 Å². The second kappa shape index (κ2) is 6.66. The Bertz CT molecular complexity index is 968. The van der Waals surface area contributed by atoms with Crippen LogP contribution in [0.25, 0.3) is 5.69 Å². The van der Waals surface area contributed by atoms with Crippen molar-refractivity contribution in [2.45, 2.75) is 5.67 Å². The van der Waals surface area contributed by atoms with Gasteiger partial charge in [-0.2, -0.15) is 5.26 Å². The van der Waals surface area contributed by atoms with E-state index in [-0.39, 0.29) is 12.2 Å². The minimum Gasteiger partial charge on any atom is -0.365 e. The highest BCUT2D eigenvalue weighted by molar-refractivity contribution is 5.55. The van der Waals surface area contributed by atoms with E-state index in [4.69, 9.17) is 11.0 Å². The number of nitrogens with two attached hydrogens (primary N) is 1. The molecule has 0 bridgehead atoms. The minimum atomic E-state index is -1.27. The Hall–Kier alpha value is -3.51. The van der Waals surface area contributed by atoms with E-state index in [9.17, 15) is 4.39 Å². The summed E-state index contributed by atoms with van der Waals surface area (Å²) in [5.74, 6) is 1.10. The number of nitrogens with one attached hydrogen (secondary N) is 1. The maximum Gasteiger partial charge on any atom is 0.158 e. The molecule has 0 aliphatic carbocycles. The van der Waals surface area contributed by atoms with Crippen molar-refractivity contribution in [1.29, 1.82) is 5.26 Å². The van der Waals surface area contributed by atoms with Crippen molar-refractivity contribution in [3.8, 4) is 11.8 Å². The van der Waals surface area contributed by atoms with Crippen LogP contribution in [0.5, 0.6) is 0 Å². The van der Waals surface area contributed by atoms with Gasteiger partial charge < -0.3 is 20.5 Å². The lowest BCUT2D eigenvalue weighted by Gasteiger charge is -2.45. The first-order valence-electron chi connectivity index (χ1n) is 8.36. The first kappa shape index (κ1) is 16.9. The number of rotatable bonds is 5. The number of halogens is 1. The Morgan fingerprint density at radius 1 is 1.11 bits per heavy atom. The molecule has 1 saturated heterocycles. The smallest absolute Gasteiger partial charge is 0.158 e. The third-order valence-corrected chi connectivity index (χ3v) is 4.43. The molecule has 3 heterocycles. The van der Waals surface area contributed by atoms with Gasteiger partial charge in [0.1, 0.15) is 24.0 Å². The molecule has 4 rings (SSSR count). The van der Waals surface area contributed by atoms with Gasteiger partial charge in [0.25, 0.3) is 0 Å². The summed E-state index contributed by atoms with van der Waals surface area (Å²) in [6.07, 6.45) is 6.37. The van der Waals surface area contributed by atoms with Crippen LogP contribution in [0.4, 0.5) is 21.7 Å². The Balaban J connectivity index is 1.43. The molecular formula is C18H17FN8. The van der Waals surface area contributed by atoms with E-state index < -0.39 is 5.67 Å². The van der Waals surface area contributed by atoms with E-state index in [1.54, 1.807) is 6.33 Å². The molecule has 3 N–H and O–H groups in total. The van der Waals surface area contributed by atoms with Crippen molar-refractivity contribution in [3.05, 3.63) is 54.9 Å². The second-order valence-corrected chi connectivity index (χ2v) is 6.42. The van der Waals surface area contributed by atoms with Crippen molar-refractivity contribution in [1.82, 2.24) is 19.5 Å². The second-order valence-electron chi connectivity index (χ2n) is 6.42. The first-order valence-corrected chi connectivity index (χ1v) is 8.36. The van der Waals surface area contributed by atoms with Crippen molar-refractivity contribution in [3.63, 3.8) is 0 Å². The van der Waals surface area contributed by atoms with Crippen molar-refractivity contribution in [2.75, 3.05) is 29.9 Å². The topological polar surface area (TPSA) is 109 Å². The first-order chi connectivity index (χ1) is 13.1. The van der Waals surface area contributed by atoms with Gasteiger partial charge in [0.05, 0.1) is 31.7 Å². The number of hydrogen-bond acceptors (Lipinski definition) is 7. The molecule has 27 heavy (non-hydrogen) atoms. The zero-order valence-electron chi connectivity index (χ0n) is 14.4. The van der Waals surface area contributed by atoms with Crippen LogP contribution in [0.15, 0.2) is 49.2 Å². The molecule has 9 heteroatoms. The van der Waals surface area contributed by atoms with E-state index in [1.165, 1.54) is 12.4 Å². The number of hydrogen-bond donors (Lipinski definition) is 2. The molecule has 0 amide bonds. The average molecular weight is 364 g/mol. The number of imidazole rings is 1. The van der Waals surface area contributed by atoms with E-state index >= 15 is 0 Å². The summed E-state index contributed by atoms with van der Waals surface area (Å²) < 4.78 is 15.8. The van der Waals surface area contributed by atoms with Crippen LogP contribution in [-0.2, 0) is 0 Å². The lowest BCUT2D eigenvalue weighted by atomic mass is 9.96. The maximum absolute atomic E-state index is 13.9. The predicted octanol–water partition coefficient (Wildman–Crippen LogP) is 1.76. The largest absolute Gasteiger partial charge is 0.365 e. The fraction of sp³-hybridized carbons (Fsp3) is 0.222. The van der Waals surface area contributed by atoms with Gasteiger partial charge in [0.15, 0.2) is 11.4 Å². The molecular weight excluding hydrogens is 347 g/mol. The number of nitriles is 1. The number of benzene rings is 1. The third-order valence-electron chi connectivity index (χ3n) is 4.43. The van der Waals surface area contributed by atoms with Gasteiger partial charge in [0.2, 0.25) is 0 Å². The standard InChI is InChI=1S/C18H17FN8/c19-18(9-21)10-27(11-18)15-3-1-14(2-4-15)26-8-17(24-12-26)25-16-7-22-13(5-20)6-23-16/h1-4,6-8,12H,9-11,21H2,(H,23,25). The molecule has 1 aliphatic heterocycles.